The summed E-state index contributed by atoms with van der Waals surface area (Å²) in [5.41, 5.74) is 6.80. The van der Waals surface area contributed by atoms with Crippen LogP contribution in [0, 0.1) is 0 Å². The quantitative estimate of drug-likeness (QED) is 0.228. The van der Waals surface area contributed by atoms with Crippen LogP contribution in [0.15, 0.2) is 120 Å². The van der Waals surface area contributed by atoms with Gasteiger partial charge in [-0.05, 0) is 51.9 Å². The van der Waals surface area contributed by atoms with Crippen LogP contribution in [-0.2, 0) is 16.1 Å². The molecule has 5 nitrogen and oxygen atoms in total. The molecule has 0 saturated carbocycles. The van der Waals surface area contributed by atoms with Crippen LogP contribution in [0.3, 0.4) is 0 Å². The maximum Gasteiger partial charge on any atom is 0.407 e. The molecule has 0 radical (unpaired) electrons. The van der Waals surface area contributed by atoms with Gasteiger partial charge in [0, 0.05) is 29.4 Å². The van der Waals surface area contributed by atoms with E-state index < -0.39 is 6.09 Å². The minimum absolute atomic E-state index is 0.0138. The minimum atomic E-state index is -0.502. The van der Waals surface area contributed by atoms with Crippen molar-refractivity contribution in [2.24, 2.45) is 0 Å². The molecule has 6 heteroatoms. The number of carbonyl (C=O) groups is 2. The first-order valence-corrected chi connectivity index (χ1v) is 14.7. The number of carbonyl (C=O) groups excluding carboxylic acids is 2. The highest BCUT2D eigenvalue weighted by Crippen LogP contribution is 2.44. The molecule has 0 bridgehead atoms. The van der Waals surface area contributed by atoms with Crippen molar-refractivity contribution < 1.29 is 14.3 Å². The number of benzene rings is 4. The summed E-state index contributed by atoms with van der Waals surface area (Å²) >= 11 is 3.51. The van der Waals surface area contributed by atoms with Gasteiger partial charge in [-0.15, -0.1) is 0 Å². The molecule has 0 spiro atoms. The smallest absolute Gasteiger partial charge is 0.407 e. The summed E-state index contributed by atoms with van der Waals surface area (Å²) in [6.07, 6.45) is 4.36. The summed E-state index contributed by atoms with van der Waals surface area (Å²) in [4.78, 5) is 28.6. The molecule has 6 rings (SSSR count). The Morgan fingerprint density at radius 1 is 0.854 bits per heavy atom. The summed E-state index contributed by atoms with van der Waals surface area (Å²) in [5.74, 6) is -0.0323. The molecule has 0 aromatic heterocycles. The fourth-order valence-corrected chi connectivity index (χ4v) is 6.14. The summed E-state index contributed by atoms with van der Waals surface area (Å²) in [6.45, 7) is 0.713. The Balaban J connectivity index is 1.16. The first-order chi connectivity index (χ1) is 20.1. The molecule has 1 aliphatic heterocycles. The van der Waals surface area contributed by atoms with E-state index >= 15 is 0 Å². The number of fused-ring (bicyclic) bond motifs is 3. The molecule has 2 atom stereocenters. The van der Waals surface area contributed by atoms with Crippen LogP contribution < -0.4 is 5.32 Å². The largest absolute Gasteiger partial charge is 0.449 e. The van der Waals surface area contributed by atoms with E-state index in [4.69, 9.17) is 4.74 Å². The van der Waals surface area contributed by atoms with Crippen molar-refractivity contribution in [1.82, 2.24) is 10.2 Å². The van der Waals surface area contributed by atoms with E-state index in [0.717, 1.165) is 15.6 Å². The molecule has 2 amide bonds. The predicted molar refractivity (Wildman–Crippen MR) is 164 cm³/mol. The van der Waals surface area contributed by atoms with Crippen LogP contribution in [-0.4, -0.2) is 29.5 Å². The van der Waals surface area contributed by atoms with Gasteiger partial charge in [-0.25, -0.2) is 4.79 Å². The highest BCUT2D eigenvalue weighted by molar-refractivity contribution is 9.10. The second-order valence-corrected chi connectivity index (χ2v) is 11.5. The molecule has 0 unspecified atom stereocenters. The molecule has 41 heavy (non-hydrogen) atoms. The van der Waals surface area contributed by atoms with E-state index in [0.29, 0.717) is 13.0 Å². The van der Waals surface area contributed by atoms with Crippen LogP contribution in [0.5, 0.6) is 0 Å². The van der Waals surface area contributed by atoms with Gasteiger partial charge in [-0.3, -0.25) is 4.79 Å². The van der Waals surface area contributed by atoms with Gasteiger partial charge in [-0.2, -0.15) is 0 Å². The van der Waals surface area contributed by atoms with Gasteiger partial charge in [-0.1, -0.05) is 119 Å². The number of nitrogens with zero attached hydrogens (tertiary/aromatic N) is 1. The monoisotopic (exact) mass is 606 g/mol. The van der Waals surface area contributed by atoms with Crippen LogP contribution in [0.2, 0.25) is 0 Å². The number of halogens is 1. The molecule has 0 fully saturated rings. The van der Waals surface area contributed by atoms with Gasteiger partial charge in [0.05, 0.1) is 6.04 Å². The molecule has 206 valence electrons. The average molecular weight is 608 g/mol. The van der Waals surface area contributed by atoms with Crippen molar-refractivity contribution in [2.45, 2.75) is 37.4 Å². The molecule has 2 aliphatic rings. The van der Waals surface area contributed by atoms with Crippen molar-refractivity contribution in [1.29, 1.82) is 0 Å². The van der Waals surface area contributed by atoms with E-state index in [1.54, 1.807) is 0 Å². The van der Waals surface area contributed by atoms with Crippen molar-refractivity contribution in [3.63, 3.8) is 0 Å². The van der Waals surface area contributed by atoms with Crippen molar-refractivity contribution >= 4 is 27.9 Å². The normalized spacial score (nSPS) is 19.0. The molecule has 1 heterocycles. The Kier molecular flexibility index (Phi) is 8.01. The fourth-order valence-electron chi connectivity index (χ4n) is 5.88. The summed E-state index contributed by atoms with van der Waals surface area (Å²) in [7, 11) is 0. The second kappa shape index (κ2) is 12.1. The predicted octanol–water partition coefficient (Wildman–Crippen LogP) is 7.78. The Bertz CT molecular complexity index is 1520. The third-order valence-corrected chi connectivity index (χ3v) is 8.42. The summed E-state index contributed by atoms with van der Waals surface area (Å²) < 4.78 is 6.76. The molecular weight excluding hydrogens is 576 g/mol. The third-order valence-electron chi connectivity index (χ3n) is 7.89. The molecule has 1 aliphatic carbocycles. The molecular formula is C35H31BrN2O3. The molecule has 4 aromatic carbocycles. The van der Waals surface area contributed by atoms with Gasteiger partial charge in [0.2, 0.25) is 5.91 Å². The number of hydrogen-bond acceptors (Lipinski definition) is 3. The van der Waals surface area contributed by atoms with Gasteiger partial charge in [0.15, 0.2) is 0 Å². The maximum absolute atomic E-state index is 13.7. The fraction of sp³-hybridized carbons (Fsp3) is 0.200. The zero-order valence-electron chi connectivity index (χ0n) is 22.6. The first-order valence-electron chi connectivity index (χ1n) is 13.9. The Morgan fingerprint density at radius 2 is 1.49 bits per heavy atom. The van der Waals surface area contributed by atoms with Crippen molar-refractivity contribution in [3.8, 4) is 11.1 Å². The van der Waals surface area contributed by atoms with Crippen molar-refractivity contribution in [2.75, 3.05) is 6.61 Å². The Labute approximate surface area is 249 Å². The third kappa shape index (κ3) is 5.98. The van der Waals surface area contributed by atoms with Gasteiger partial charge < -0.3 is 15.0 Å². The lowest BCUT2D eigenvalue weighted by molar-refractivity contribution is -0.134. The minimum Gasteiger partial charge on any atom is -0.449 e. The van der Waals surface area contributed by atoms with E-state index in [1.807, 2.05) is 83.8 Å². The molecule has 1 N–H and O–H groups in total. The average Bonchev–Trinajstić information content (AvgIpc) is 3.31. The number of nitrogens with one attached hydrogen (secondary N) is 1. The number of hydrogen-bond donors (Lipinski definition) is 1. The number of alkyl carbamates (subject to hydrolysis) is 1. The van der Waals surface area contributed by atoms with E-state index in [-0.39, 0.29) is 36.9 Å². The van der Waals surface area contributed by atoms with E-state index in [9.17, 15) is 9.59 Å². The van der Waals surface area contributed by atoms with Crippen LogP contribution in [0.4, 0.5) is 4.79 Å². The SMILES string of the molecule is O=C(N[C@H]1C/C=C\[C@H](c2ccc(Br)cc2)N(Cc2ccccc2)C(=O)C1)OCC1c2ccccc2-c2ccccc21. The second-order valence-electron chi connectivity index (χ2n) is 10.5. The van der Waals surface area contributed by atoms with Gasteiger partial charge in [0.25, 0.3) is 0 Å². The van der Waals surface area contributed by atoms with Crippen LogP contribution in [0.25, 0.3) is 11.1 Å². The Morgan fingerprint density at radius 3 is 2.17 bits per heavy atom. The van der Waals surface area contributed by atoms with Crippen LogP contribution >= 0.6 is 15.9 Å². The highest BCUT2D eigenvalue weighted by atomic mass is 79.9. The zero-order chi connectivity index (χ0) is 28.2. The van der Waals surface area contributed by atoms with E-state index in [1.165, 1.54) is 22.3 Å². The lowest BCUT2D eigenvalue weighted by Crippen LogP contribution is -2.43. The maximum atomic E-state index is 13.7. The summed E-state index contributed by atoms with van der Waals surface area (Å²) in [5, 5.41) is 2.97. The van der Waals surface area contributed by atoms with Gasteiger partial charge >= 0.3 is 6.09 Å². The number of rotatable bonds is 6. The van der Waals surface area contributed by atoms with Crippen LogP contribution in [0.1, 0.15) is 47.1 Å². The number of ether oxygens (including phenoxy) is 1. The topological polar surface area (TPSA) is 58.6 Å². The number of amides is 2. The van der Waals surface area contributed by atoms with Gasteiger partial charge in [0.1, 0.15) is 6.61 Å². The highest BCUT2D eigenvalue weighted by Gasteiger charge is 2.31. The first kappa shape index (κ1) is 27.0. The van der Waals surface area contributed by atoms with Crippen molar-refractivity contribution in [3.05, 3.63) is 142 Å². The Hall–Kier alpha value is -4.16. The van der Waals surface area contributed by atoms with E-state index in [2.05, 4.69) is 57.7 Å². The lowest BCUT2D eigenvalue weighted by Gasteiger charge is -2.33. The zero-order valence-corrected chi connectivity index (χ0v) is 24.2. The standard InChI is InChI=1S/C35H31BrN2O3/c36-26-19-17-25(18-20-26)33-16-8-11-27(21-34(39)38(33)22-24-9-2-1-3-10-24)37-35(40)41-23-32-30-14-6-4-12-28(30)29-13-5-7-15-31(29)32/h1-10,12-20,27,32-33H,11,21-23H2,(H,37,40)/b16-8-/t27-,33+/m0/s1. The molecule has 0 saturated heterocycles. The summed E-state index contributed by atoms with van der Waals surface area (Å²) in [6, 6.07) is 34.0. The molecule has 4 aromatic rings. The lowest BCUT2D eigenvalue weighted by atomic mass is 9.98.